The summed E-state index contributed by atoms with van der Waals surface area (Å²) in [6.07, 6.45) is -0.788. The fourth-order valence-electron chi connectivity index (χ4n) is 2.03. The maximum Gasteiger partial charge on any atom is 0.408 e. The highest BCUT2D eigenvalue weighted by molar-refractivity contribution is 9.10. The van der Waals surface area contributed by atoms with E-state index in [1.807, 2.05) is 0 Å². The number of nitrogens with one attached hydrogen (secondary N) is 1. The average molecular weight is 404 g/mol. The van der Waals surface area contributed by atoms with E-state index in [1.54, 1.807) is 32.9 Å². The van der Waals surface area contributed by atoms with Crippen LogP contribution in [0.4, 0.5) is 4.79 Å². The summed E-state index contributed by atoms with van der Waals surface area (Å²) in [5.74, 6) is -0.303. The number of carboxylic acid groups (broad SMARTS) is 1. The lowest BCUT2D eigenvalue weighted by Crippen LogP contribution is -2.44. The molecule has 7 nitrogen and oxygen atoms in total. The van der Waals surface area contributed by atoms with E-state index in [0.29, 0.717) is 21.5 Å². The van der Waals surface area contributed by atoms with Crippen molar-refractivity contribution in [3.8, 4) is 11.5 Å². The minimum atomic E-state index is -1.18. The number of carboxylic acids is 1. The van der Waals surface area contributed by atoms with Crippen molar-refractivity contribution in [2.24, 2.45) is 0 Å². The lowest BCUT2D eigenvalue weighted by molar-refractivity contribution is -0.139. The highest BCUT2D eigenvalue weighted by atomic mass is 79.9. The van der Waals surface area contributed by atoms with Crippen molar-refractivity contribution < 1.29 is 28.9 Å². The van der Waals surface area contributed by atoms with Gasteiger partial charge in [-0.1, -0.05) is 15.9 Å². The zero-order valence-electron chi connectivity index (χ0n) is 14.3. The Balaban J connectivity index is 3.03. The van der Waals surface area contributed by atoms with Gasteiger partial charge in [0.05, 0.1) is 14.2 Å². The average Bonchev–Trinajstić information content (AvgIpc) is 2.43. The molecule has 1 atom stereocenters. The van der Waals surface area contributed by atoms with Gasteiger partial charge < -0.3 is 24.6 Å². The van der Waals surface area contributed by atoms with E-state index in [2.05, 4.69) is 21.2 Å². The third-order valence-corrected chi connectivity index (χ3v) is 3.39. The van der Waals surface area contributed by atoms with Crippen LogP contribution in [-0.4, -0.2) is 43.0 Å². The summed E-state index contributed by atoms with van der Waals surface area (Å²) in [6.45, 7) is 5.10. The van der Waals surface area contributed by atoms with Crippen molar-refractivity contribution in [1.29, 1.82) is 0 Å². The Morgan fingerprint density at radius 1 is 1.25 bits per heavy atom. The van der Waals surface area contributed by atoms with Crippen molar-refractivity contribution in [1.82, 2.24) is 5.32 Å². The molecule has 0 spiro atoms. The number of aliphatic carboxylic acids is 1. The van der Waals surface area contributed by atoms with E-state index in [-0.39, 0.29) is 6.42 Å². The Hall–Kier alpha value is -1.96. The Bertz CT molecular complexity index is 611. The van der Waals surface area contributed by atoms with Crippen LogP contribution in [0.2, 0.25) is 0 Å². The van der Waals surface area contributed by atoms with Crippen LogP contribution in [0.1, 0.15) is 26.3 Å². The van der Waals surface area contributed by atoms with Crippen molar-refractivity contribution in [2.75, 3.05) is 14.2 Å². The van der Waals surface area contributed by atoms with Crippen LogP contribution < -0.4 is 14.8 Å². The molecule has 134 valence electrons. The highest BCUT2D eigenvalue weighted by Crippen LogP contribution is 2.35. The summed E-state index contributed by atoms with van der Waals surface area (Å²) < 4.78 is 16.3. The second kappa shape index (κ2) is 8.23. The molecule has 1 aromatic rings. The molecule has 1 unspecified atom stereocenters. The SMILES string of the molecule is COc1cc(Br)cc(CC(NC(=O)OC(C)(C)C)C(=O)O)c1OC. The summed E-state index contributed by atoms with van der Waals surface area (Å²) in [5, 5.41) is 11.7. The number of rotatable bonds is 6. The van der Waals surface area contributed by atoms with E-state index < -0.39 is 23.7 Å². The zero-order chi connectivity index (χ0) is 18.5. The van der Waals surface area contributed by atoms with Gasteiger partial charge in [-0.05, 0) is 32.9 Å². The van der Waals surface area contributed by atoms with Gasteiger partial charge in [-0.15, -0.1) is 0 Å². The maximum atomic E-state index is 11.8. The molecular formula is C16H22BrNO6. The quantitative estimate of drug-likeness (QED) is 0.757. The Labute approximate surface area is 149 Å². The normalized spacial score (nSPS) is 12.2. The fraction of sp³-hybridized carbons (Fsp3) is 0.500. The predicted octanol–water partition coefficient (Wildman–Crippen LogP) is 2.99. The zero-order valence-corrected chi connectivity index (χ0v) is 15.9. The molecule has 1 aromatic carbocycles. The second-order valence-electron chi connectivity index (χ2n) is 6.04. The number of alkyl carbamates (subject to hydrolysis) is 1. The third kappa shape index (κ3) is 5.92. The molecule has 2 N–H and O–H groups in total. The highest BCUT2D eigenvalue weighted by Gasteiger charge is 2.26. The third-order valence-electron chi connectivity index (χ3n) is 2.93. The van der Waals surface area contributed by atoms with Crippen molar-refractivity contribution in [2.45, 2.75) is 38.8 Å². The lowest BCUT2D eigenvalue weighted by Gasteiger charge is -2.22. The van der Waals surface area contributed by atoms with E-state index in [0.717, 1.165) is 0 Å². The van der Waals surface area contributed by atoms with Crippen LogP contribution in [0.5, 0.6) is 11.5 Å². The number of hydrogen-bond donors (Lipinski definition) is 2. The second-order valence-corrected chi connectivity index (χ2v) is 6.96. The number of carbonyl (C=O) groups excluding carboxylic acids is 1. The fourth-order valence-corrected chi connectivity index (χ4v) is 2.51. The summed E-state index contributed by atoms with van der Waals surface area (Å²) in [4.78, 5) is 23.3. The number of ether oxygens (including phenoxy) is 3. The smallest absolute Gasteiger partial charge is 0.408 e. The molecule has 24 heavy (non-hydrogen) atoms. The van der Waals surface area contributed by atoms with Crippen LogP contribution in [0.3, 0.4) is 0 Å². The van der Waals surface area contributed by atoms with Crippen LogP contribution in [0, 0.1) is 0 Å². The molecule has 1 rings (SSSR count). The van der Waals surface area contributed by atoms with Gasteiger partial charge in [-0.3, -0.25) is 0 Å². The number of halogens is 1. The summed E-state index contributed by atoms with van der Waals surface area (Å²) in [6, 6.07) is 2.25. The molecule has 0 saturated heterocycles. The first-order valence-electron chi connectivity index (χ1n) is 7.20. The Morgan fingerprint density at radius 2 is 1.88 bits per heavy atom. The molecule has 0 aliphatic heterocycles. The first kappa shape index (κ1) is 20.1. The molecule has 8 heteroatoms. The van der Waals surface area contributed by atoms with Gasteiger partial charge in [0.2, 0.25) is 0 Å². The summed E-state index contributed by atoms with van der Waals surface area (Å²) >= 11 is 3.34. The van der Waals surface area contributed by atoms with Crippen LogP contribution in [-0.2, 0) is 16.0 Å². The molecule has 0 aliphatic carbocycles. The number of carbonyl (C=O) groups is 2. The minimum Gasteiger partial charge on any atom is -0.493 e. The summed E-state index contributed by atoms with van der Waals surface area (Å²) in [7, 11) is 2.95. The Kier molecular flexibility index (Phi) is 6.89. The van der Waals surface area contributed by atoms with E-state index in [9.17, 15) is 14.7 Å². The minimum absolute atomic E-state index is 0.00749. The van der Waals surface area contributed by atoms with Crippen molar-refractivity contribution >= 4 is 28.0 Å². The lowest BCUT2D eigenvalue weighted by atomic mass is 10.0. The van der Waals surface area contributed by atoms with Gasteiger partial charge in [0.25, 0.3) is 0 Å². The number of amides is 1. The van der Waals surface area contributed by atoms with Gasteiger partial charge in [0, 0.05) is 16.5 Å². The predicted molar refractivity (Wildman–Crippen MR) is 91.7 cm³/mol. The number of benzene rings is 1. The van der Waals surface area contributed by atoms with Crippen molar-refractivity contribution in [3.63, 3.8) is 0 Å². The monoisotopic (exact) mass is 403 g/mol. The van der Waals surface area contributed by atoms with Crippen LogP contribution in [0.25, 0.3) is 0 Å². The molecule has 0 saturated carbocycles. The number of hydrogen-bond acceptors (Lipinski definition) is 5. The van der Waals surface area contributed by atoms with Crippen LogP contribution in [0.15, 0.2) is 16.6 Å². The largest absolute Gasteiger partial charge is 0.493 e. The molecule has 0 radical (unpaired) electrons. The standard InChI is InChI=1S/C16H22BrNO6/c1-16(2,3)24-15(21)18-11(14(19)20)7-9-6-10(17)8-12(22-4)13(9)23-5/h6,8,11H,7H2,1-5H3,(H,18,21)(H,19,20). The van der Waals surface area contributed by atoms with E-state index in [1.165, 1.54) is 14.2 Å². The van der Waals surface area contributed by atoms with E-state index in [4.69, 9.17) is 14.2 Å². The first-order chi connectivity index (χ1) is 11.1. The first-order valence-corrected chi connectivity index (χ1v) is 7.99. The topological polar surface area (TPSA) is 94.1 Å². The van der Waals surface area contributed by atoms with Gasteiger partial charge in [0.15, 0.2) is 11.5 Å². The summed E-state index contributed by atoms with van der Waals surface area (Å²) in [5.41, 5.74) is -0.142. The molecule has 0 fully saturated rings. The molecule has 0 heterocycles. The maximum absolute atomic E-state index is 11.8. The Morgan fingerprint density at radius 3 is 2.33 bits per heavy atom. The van der Waals surface area contributed by atoms with Crippen molar-refractivity contribution in [3.05, 3.63) is 22.2 Å². The van der Waals surface area contributed by atoms with Gasteiger partial charge >= 0.3 is 12.1 Å². The molecule has 1 amide bonds. The number of methoxy groups -OCH3 is 2. The van der Waals surface area contributed by atoms with Gasteiger partial charge in [-0.25, -0.2) is 9.59 Å². The van der Waals surface area contributed by atoms with Crippen LogP contribution >= 0.6 is 15.9 Å². The molecular weight excluding hydrogens is 382 g/mol. The van der Waals surface area contributed by atoms with Gasteiger partial charge in [0.1, 0.15) is 11.6 Å². The van der Waals surface area contributed by atoms with E-state index >= 15 is 0 Å². The van der Waals surface area contributed by atoms with Gasteiger partial charge in [-0.2, -0.15) is 0 Å². The molecule has 0 aromatic heterocycles. The molecule has 0 bridgehead atoms. The molecule has 0 aliphatic rings.